The quantitative estimate of drug-likeness (QED) is 0.438. The number of nitro groups is 1. The molecule has 0 amide bonds. The van der Waals surface area contributed by atoms with Crippen molar-refractivity contribution in [2.45, 2.75) is 0 Å². The Morgan fingerprint density at radius 2 is 2.25 bits per heavy atom. The molecule has 0 saturated carbocycles. The second-order valence-electron chi connectivity index (χ2n) is 3.12. The van der Waals surface area contributed by atoms with Crippen LogP contribution in [-0.2, 0) is 4.74 Å². The van der Waals surface area contributed by atoms with Gasteiger partial charge in [0.05, 0.1) is 12.0 Å². The second-order valence-corrected chi connectivity index (χ2v) is 3.12. The third-order valence-electron chi connectivity index (χ3n) is 2.25. The van der Waals surface area contributed by atoms with Gasteiger partial charge in [0, 0.05) is 12.3 Å². The highest BCUT2D eigenvalue weighted by Gasteiger charge is 2.21. The number of pyridine rings is 1. The van der Waals surface area contributed by atoms with Gasteiger partial charge in [-0.15, -0.1) is 0 Å². The average Bonchev–Trinajstić information content (AvgIpc) is 2.67. The fraction of sp³-hybridized carbons (Fsp3) is 0.100. The number of carbonyl (C=O) groups excluding carboxylic acids is 1. The molecule has 2 heterocycles. The summed E-state index contributed by atoms with van der Waals surface area (Å²) in [6.07, 6.45) is 1.58. The molecule has 0 bridgehead atoms. The van der Waals surface area contributed by atoms with Crippen LogP contribution in [0.15, 0.2) is 30.5 Å². The summed E-state index contributed by atoms with van der Waals surface area (Å²) < 4.78 is 5.99. The molecule has 0 fully saturated rings. The van der Waals surface area contributed by atoms with Crippen molar-refractivity contribution < 1.29 is 14.5 Å². The number of esters is 1. The van der Waals surface area contributed by atoms with E-state index in [9.17, 15) is 14.9 Å². The third kappa shape index (κ3) is 1.40. The lowest BCUT2D eigenvalue weighted by atomic mass is 10.4. The van der Waals surface area contributed by atoms with Gasteiger partial charge in [0.2, 0.25) is 0 Å². The summed E-state index contributed by atoms with van der Waals surface area (Å²) in [6.45, 7) is 0. The SMILES string of the molecule is COC(=O)c1cc([N+](=O)[O-])c2ccccn12. The van der Waals surface area contributed by atoms with Crippen molar-refractivity contribution in [3.63, 3.8) is 0 Å². The van der Waals surface area contributed by atoms with Gasteiger partial charge in [-0.25, -0.2) is 4.79 Å². The number of aromatic nitrogens is 1. The summed E-state index contributed by atoms with van der Waals surface area (Å²) in [6, 6.07) is 6.14. The molecular formula is C10H8N2O4. The summed E-state index contributed by atoms with van der Waals surface area (Å²) >= 11 is 0. The summed E-state index contributed by atoms with van der Waals surface area (Å²) in [5.41, 5.74) is 0.402. The van der Waals surface area contributed by atoms with Gasteiger partial charge in [0.15, 0.2) is 0 Å². The molecule has 0 radical (unpaired) electrons. The van der Waals surface area contributed by atoms with Crippen molar-refractivity contribution in [2.75, 3.05) is 7.11 Å². The van der Waals surface area contributed by atoms with Crippen molar-refractivity contribution in [3.05, 3.63) is 46.3 Å². The molecule has 0 N–H and O–H groups in total. The summed E-state index contributed by atoms with van der Waals surface area (Å²) in [7, 11) is 1.23. The normalized spacial score (nSPS) is 10.3. The highest BCUT2D eigenvalue weighted by molar-refractivity contribution is 5.91. The number of fused-ring (bicyclic) bond motifs is 1. The lowest BCUT2D eigenvalue weighted by Crippen LogP contribution is -2.04. The smallest absolute Gasteiger partial charge is 0.355 e. The van der Waals surface area contributed by atoms with Gasteiger partial charge in [-0.1, -0.05) is 6.07 Å². The van der Waals surface area contributed by atoms with Gasteiger partial charge in [-0.3, -0.25) is 10.1 Å². The Hall–Kier alpha value is -2.37. The molecule has 6 heteroatoms. The second kappa shape index (κ2) is 3.65. The van der Waals surface area contributed by atoms with E-state index >= 15 is 0 Å². The predicted octanol–water partition coefficient (Wildman–Crippen LogP) is 1.63. The summed E-state index contributed by atoms with van der Waals surface area (Å²) in [5.74, 6) is -0.602. The van der Waals surface area contributed by atoms with E-state index in [-0.39, 0.29) is 11.4 Å². The minimum atomic E-state index is -0.602. The Kier molecular flexibility index (Phi) is 2.32. The van der Waals surface area contributed by atoms with E-state index in [4.69, 9.17) is 0 Å². The van der Waals surface area contributed by atoms with E-state index in [1.165, 1.54) is 17.6 Å². The molecule has 16 heavy (non-hydrogen) atoms. The van der Waals surface area contributed by atoms with Crippen molar-refractivity contribution in [1.82, 2.24) is 4.40 Å². The van der Waals surface area contributed by atoms with Crippen molar-refractivity contribution in [2.24, 2.45) is 0 Å². The Labute approximate surface area is 90.2 Å². The van der Waals surface area contributed by atoms with E-state index in [2.05, 4.69) is 4.74 Å². The highest BCUT2D eigenvalue weighted by atomic mass is 16.6. The Balaban J connectivity index is 2.76. The van der Waals surface area contributed by atoms with Crippen molar-refractivity contribution in [3.8, 4) is 0 Å². The van der Waals surface area contributed by atoms with Gasteiger partial charge < -0.3 is 9.14 Å². The summed E-state index contributed by atoms with van der Waals surface area (Å²) in [5, 5.41) is 10.8. The molecule has 2 aromatic rings. The topological polar surface area (TPSA) is 73.8 Å². The van der Waals surface area contributed by atoms with E-state index in [1.807, 2.05) is 0 Å². The molecule has 0 unspecified atom stereocenters. The molecule has 2 rings (SSSR count). The minimum Gasteiger partial charge on any atom is -0.464 e. The Bertz CT molecular complexity index is 573. The van der Waals surface area contributed by atoms with Crippen LogP contribution in [-0.4, -0.2) is 22.4 Å². The molecule has 2 aromatic heterocycles. The van der Waals surface area contributed by atoms with Gasteiger partial charge in [-0.05, 0) is 12.1 Å². The number of hydrogen-bond acceptors (Lipinski definition) is 4. The first-order valence-electron chi connectivity index (χ1n) is 4.48. The van der Waals surface area contributed by atoms with Crippen LogP contribution in [0.2, 0.25) is 0 Å². The highest BCUT2D eigenvalue weighted by Crippen LogP contribution is 2.24. The molecule has 82 valence electrons. The van der Waals surface area contributed by atoms with Crippen LogP contribution >= 0.6 is 0 Å². The first-order valence-corrected chi connectivity index (χ1v) is 4.48. The first kappa shape index (κ1) is 10.2. The number of rotatable bonds is 2. The van der Waals surface area contributed by atoms with Crippen LogP contribution < -0.4 is 0 Å². The standard InChI is InChI=1S/C10H8N2O4/c1-16-10(13)9-6-8(12(14)15)7-4-2-3-5-11(7)9/h2-6H,1H3. The van der Waals surface area contributed by atoms with Crippen molar-refractivity contribution >= 4 is 17.2 Å². The van der Waals surface area contributed by atoms with E-state index in [0.717, 1.165) is 0 Å². The molecule has 0 saturated heterocycles. The fourth-order valence-electron chi connectivity index (χ4n) is 1.54. The van der Waals surface area contributed by atoms with E-state index in [0.29, 0.717) is 5.52 Å². The molecule has 0 aliphatic rings. The Morgan fingerprint density at radius 3 is 2.88 bits per heavy atom. The van der Waals surface area contributed by atoms with Crippen LogP contribution in [0.3, 0.4) is 0 Å². The lowest BCUT2D eigenvalue weighted by Gasteiger charge is -1.98. The van der Waals surface area contributed by atoms with Crippen LogP contribution in [0.4, 0.5) is 5.69 Å². The van der Waals surface area contributed by atoms with E-state index < -0.39 is 10.9 Å². The monoisotopic (exact) mass is 220 g/mol. The molecular weight excluding hydrogens is 212 g/mol. The predicted molar refractivity (Wildman–Crippen MR) is 55.4 cm³/mol. The van der Waals surface area contributed by atoms with E-state index in [1.54, 1.807) is 24.4 Å². The van der Waals surface area contributed by atoms with Crippen LogP contribution in [0.5, 0.6) is 0 Å². The average molecular weight is 220 g/mol. The molecule has 0 aliphatic heterocycles. The molecule has 0 spiro atoms. The molecule has 0 aliphatic carbocycles. The zero-order chi connectivity index (χ0) is 11.7. The van der Waals surface area contributed by atoms with Crippen molar-refractivity contribution in [1.29, 1.82) is 0 Å². The molecule has 0 atom stereocenters. The summed E-state index contributed by atoms with van der Waals surface area (Å²) in [4.78, 5) is 21.7. The van der Waals surface area contributed by atoms with Crippen LogP contribution in [0.25, 0.3) is 5.52 Å². The van der Waals surface area contributed by atoms with Crippen LogP contribution in [0, 0.1) is 10.1 Å². The maximum absolute atomic E-state index is 11.4. The van der Waals surface area contributed by atoms with Gasteiger partial charge >= 0.3 is 5.97 Å². The maximum atomic E-state index is 11.4. The minimum absolute atomic E-state index is 0.110. The Morgan fingerprint density at radius 1 is 1.50 bits per heavy atom. The number of nitrogens with zero attached hydrogens (tertiary/aromatic N) is 2. The fourth-order valence-corrected chi connectivity index (χ4v) is 1.54. The largest absolute Gasteiger partial charge is 0.464 e. The molecule has 6 nitrogen and oxygen atoms in total. The number of methoxy groups -OCH3 is 1. The number of ether oxygens (including phenoxy) is 1. The number of hydrogen-bond donors (Lipinski definition) is 0. The van der Waals surface area contributed by atoms with Gasteiger partial charge in [0.1, 0.15) is 11.2 Å². The third-order valence-corrected chi connectivity index (χ3v) is 2.25. The lowest BCUT2D eigenvalue weighted by molar-refractivity contribution is -0.383. The first-order chi connectivity index (χ1) is 7.65. The van der Waals surface area contributed by atoms with Gasteiger partial charge in [0.25, 0.3) is 5.69 Å². The van der Waals surface area contributed by atoms with Gasteiger partial charge in [-0.2, -0.15) is 0 Å². The maximum Gasteiger partial charge on any atom is 0.355 e. The zero-order valence-corrected chi connectivity index (χ0v) is 8.41. The number of carbonyl (C=O) groups is 1. The van der Waals surface area contributed by atoms with Crippen LogP contribution in [0.1, 0.15) is 10.5 Å². The zero-order valence-electron chi connectivity index (χ0n) is 8.41. The molecule has 0 aromatic carbocycles.